The Balaban J connectivity index is 2.76. The number of benzene rings is 1. The first kappa shape index (κ1) is 12.2. The van der Waals surface area contributed by atoms with E-state index in [1.165, 1.54) is 7.11 Å². The average Bonchev–Trinajstić information content (AvgIpc) is 2.19. The van der Waals surface area contributed by atoms with Crippen LogP contribution in [0, 0.1) is 0 Å². The van der Waals surface area contributed by atoms with Gasteiger partial charge in [0, 0.05) is 11.8 Å². The largest absolute Gasteiger partial charge is 0.494 e. The van der Waals surface area contributed by atoms with Crippen LogP contribution in [-0.4, -0.2) is 19.3 Å². The molecule has 0 radical (unpaired) electrons. The van der Waals surface area contributed by atoms with E-state index in [0.29, 0.717) is 17.1 Å². The zero-order valence-electron chi connectivity index (χ0n) is 9.61. The lowest BCUT2D eigenvalue weighted by Crippen LogP contribution is -2.18. The van der Waals surface area contributed by atoms with Crippen LogP contribution in [0.4, 0.5) is 16.2 Å². The number of carbonyl (C=O) groups excluding carboxylic acids is 1. The number of rotatable bonds is 3. The minimum atomic E-state index is -0.516. The SMILES string of the molecule is COc1cc(N)ccc1NC(=O)OC(C)C. The molecule has 1 aromatic rings. The molecule has 0 saturated carbocycles. The van der Waals surface area contributed by atoms with Crippen molar-refractivity contribution >= 4 is 17.5 Å². The zero-order chi connectivity index (χ0) is 12.1. The lowest BCUT2D eigenvalue weighted by atomic mass is 10.2. The van der Waals surface area contributed by atoms with E-state index in [-0.39, 0.29) is 6.10 Å². The Kier molecular flexibility index (Phi) is 3.99. The summed E-state index contributed by atoms with van der Waals surface area (Å²) < 4.78 is 10.0. The second kappa shape index (κ2) is 5.25. The van der Waals surface area contributed by atoms with Gasteiger partial charge in [0.05, 0.1) is 18.9 Å². The van der Waals surface area contributed by atoms with Crippen LogP contribution in [0.5, 0.6) is 5.75 Å². The van der Waals surface area contributed by atoms with Crippen molar-refractivity contribution in [2.24, 2.45) is 0 Å². The number of nitrogens with one attached hydrogen (secondary N) is 1. The van der Waals surface area contributed by atoms with Gasteiger partial charge in [0.1, 0.15) is 5.75 Å². The molecule has 0 fully saturated rings. The van der Waals surface area contributed by atoms with Gasteiger partial charge in [0.2, 0.25) is 0 Å². The molecule has 0 spiro atoms. The topological polar surface area (TPSA) is 73.6 Å². The molecule has 0 aromatic heterocycles. The Hall–Kier alpha value is -1.91. The summed E-state index contributed by atoms with van der Waals surface area (Å²) in [4.78, 5) is 11.4. The molecule has 0 bridgehead atoms. The van der Waals surface area contributed by atoms with E-state index in [1.807, 2.05) is 0 Å². The van der Waals surface area contributed by atoms with Crippen molar-refractivity contribution in [2.75, 3.05) is 18.2 Å². The number of amides is 1. The highest BCUT2D eigenvalue weighted by atomic mass is 16.6. The van der Waals surface area contributed by atoms with E-state index in [4.69, 9.17) is 15.2 Å². The summed E-state index contributed by atoms with van der Waals surface area (Å²) in [5.41, 5.74) is 6.69. The molecule has 0 aliphatic rings. The van der Waals surface area contributed by atoms with Crippen molar-refractivity contribution < 1.29 is 14.3 Å². The summed E-state index contributed by atoms with van der Waals surface area (Å²) >= 11 is 0. The van der Waals surface area contributed by atoms with Crippen LogP contribution >= 0.6 is 0 Å². The molecule has 0 saturated heterocycles. The quantitative estimate of drug-likeness (QED) is 0.772. The Morgan fingerprint density at radius 3 is 2.69 bits per heavy atom. The van der Waals surface area contributed by atoms with Crippen LogP contribution in [-0.2, 0) is 4.74 Å². The van der Waals surface area contributed by atoms with Crippen LogP contribution in [0.1, 0.15) is 13.8 Å². The van der Waals surface area contributed by atoms with Gasteiger partial charge in [0.15, 0.2) is 0 Å². The number of anilines is 2. The summed E-state index contributed by atoms with van der Waals surface area (Å²) in [5.74, 6) is 0.501. The first-order chi connectivity index (χ1) is 7.52. The van der Waals surface area contributed by atoms with Crippen LogP contribution in [0.25, 0.3) is 0 Å². The number of nitrogen functional groups attached to an aromatic ring is 1. The summed E-state index contributed by atoms with van der Waals surface area (Å²) in [6.07, 6.45) is -0.683. The fourth-order valence-corrected chi connectivity index (χ4v) is 1.16. The van der Waals surface area contributed by atoms with Crippen LogP contribution in [0.3, 0.4) is 0 Å². The Bertz CT molecular complexity index is 377. The zero-order valence-corrected chi connectivity index (χ0v) is 9.61. The molecule has 0 aliphatic carbocycles. The minimum absolute atomic E-state index is 0.167. The van der Waals surface area contributed by atoms with Gasteiger partial charge in [-0.1, -0.05) is 0 Å². The van der Waals surface area contributed by atoms with E-state index >= 15 is 0 Å². The second-order valence-corrected chi connectivity index (χ2v) is 3.54. The first-order valence-corrected chi connectivity index (χ1v) is 4.94. The molecule has 0 atom stereocenters. The molecule has 3 N–H and O–H groups in total. The Morgan fingerprint density at radius 2 is 2.12 bits per heavy atom. The predicted molar refractivity (Wildman–Crippen MR) is 62.6 cm³/mol. The molecule has 5 heteroatoms. The van der Waals surface area contributed by atoms with Crippen molar-refractivity contribution in [2.45, 2.75) is 20.0 Å². The van der Waals surface area contributed by atoms with E-state index in [9.17, 15) is 4.79 Å². The molecular formula is C11H16N2O3. The molecule has 1 rings (SSSR count). The summed E-state index contributed by atoms with van der Waals surface area (Å²) in [6, 6.07) is 4.97. The fraction of sp³-hybridized carbons (Fsp3) is 0.364. The molecule has 16 heavy (non-hydrogen) atoms. The third kappa shape index (κ3) is 3.34. The molecule has 0 unspecified atom stereocenters. The molecule has 0 heterocycles. The van der Waals surface area contributed by atoms with Gasteiger partial charge in [-0.2, -0.15) is 0 Å². The van der Waals surface area contributed by atoms with Crippen molar-refractivity contribution in [1.29, 1.82) is 0 Å². The van der Waals surface area contributed by atoms with E-state index in [2.05, 4.69) is 5.32 Å². The number of methoxy groups -OCH3 is 1. The van der Waals surface area contributed by atoms with Gasteiger partial charge in [0.25, 0.3) is 0 Å². The fourth-order valence-electron chi connectivity index (χ4n) is 1.16. The van der Waals surface area contributed by atoms with Crippen molar-refractivity contribution in [3.63, 3.8) is 0 Å². The van der Waals surface area contributed by atoms with Gasteiger partial charge in [-0.3, -0.25) is 5.32 Å². The maximum absolute atomic E-state index is 11.4. The number of carbonyl (C=O) groups is 1. The predicted octanol–water partition coefficient (Wildman–Crippen LogP) is 2.23. The maximum Gasteiger partial charge on any atom is 0.411 e. The summed E-state index contributed by atoms with van der Waals surface area (Å²) in [6.45, 7) is 3.56. The number of ether oxygens (including phenoxy) is 2. The standard InChI is InChI=1S/C11H16N2O3/c1-7(2)16-11(14)13-9-5-4-8(12)6-10(9)15-3/h4-7H,12H2,1-3H3,(H,13,14). The monoisotopic (exact) mass is 224 g/mol. The van der Waals surface area contributed by atoms with Crippen molar-refractivity contribution in [1.82, 2.24) is 0 Å². The summed E-state index contributed by atoms with van der Waals surface area (Å²) in [5, 5.41) is 2.58. The Labute approximate surface area is 94.5 Å². The second-order valence-electron chi connectivity index (χ2n) is 3.54. The highest BCUT2D eigenvalue weighted by Crippen LogP contribution is 2.26. The Morgan fingerprint density at radius 1 is 1.44 bits per heavy atom. The molecule has 0 aliphatic heterocycles. The highest BCUT2D eigenvalue weighted by molar-refractivity contribution is 5.87. The van der Waals surface area contributed by atoms with E-state index < -0.39 is 6.09 Å². The lowest BCUT2D eigenvalue weighted by molar-refractivity contribution is 0.130. The highest BCUT2D eigenvalue weighted by Gasteiger charge is 2.09. The van der Waals surface area contributed by atoms with Crippen LogP contribution in [0.15, 0.2) is 18.2 Å². The smallest absolute Gasteiger partial charge is 0.411 e. The van der Waals surface area contributed by atoms with E-state index in [1.54, 1.807) is 32.0 Å². The van der Waals surface area contributed by atoms with Gasteiger partial charge in [-0.05, 0) is 26.0 Å². The van der Waals surface area contributed by atoms with Gasteiger partial charge in [-0.25, -0.2) is 4.79 Å². The van der Waals surface area contributed by atoms with Gasteiger partial charge >= 0.3 is 6.09 Å². The lowest BCUT2D eigenvalue weighted by Gasteiger charge is -2.12. The molecule has 5 nitrogen and oxygen atoms in total. The number of hydrogen-bond donors (Lipinski definition) is 2. The van der Waals surface area contributed by atoms with Crippen LogP contribution < -0.4 is 15.8 Å². The first-order valence-electron chi connectivity index (χ1n) is 4.94. The third-order valence-electron chi connectivity index (χ3n) is 1.81. The summed E-state index contributed by atoms with van der Waals surface area (Å²) in [7, 11) is 1.51. The van der Waals surface area contributed by atoms with Crippen molar-refractivity contribution in [3.05, 3.63) is 18.2 Å². The molecule has 1 amide bonds. The minimum Gasteiger partial charge on any atom is -0.494 e. The van der Waals surface area contributed by atoms with Gasteiger partial charge in [-0.15, -0.1) is 0 Å². The average molecular weight is 224 g/mol. The van der Waals surface area contributed by atoms with E-state index in [0.717, 1.165) is 0 Å². The molecule has 88 valence electrons. The van der Waals surface area contributed by atoms with Crippen LogP contribution in [0.2, 0.25) is 0 Å². The molecule has 1 aromatic carbocycles. The van der Waals surface area contributed by atoms with Crippen molar-refractivity contribution in [3.8, 4) is 5.75 Å². The number of nitrogens with two attached hydrogens (primary N) is 1. The number of hydrogen-bond acceptors (Lipinski definition) is 4. The third-order valence-corrected chi connectivity index (χ3v) is 1.81. The van der Waals surface area contributed by atoms with Gasteiger partial charge < -0.3 is 15.2 Å². The molecular weight excluding hydrogens is 208 g/mol. The normalized spacial score (nSPS) is 10.0. The maximum atomic E-state index is 11.4.